The van der Waals surface area contributed by atoms with Gasteiger partial charge in [-0.15, -0.1) is 0 Å². The van der Waals surface area contributed by atoms with Gasteiger partial charge in [0, 0.05) is 37.7 Å². The van der Waals surface area contributed by atoms with Crippen LogP contribution in [0.3, 0.4) is 0 Å². The smallest absolute Gasteiger partial charge is 0.240 e. The van der Waals surface area contributed by atoms with Gasteiger partial charge in [0.05, 0.1) is 23.7 Å². The van der Waals surface area contributed by atoms with E-state index in [9.17, 15) is 13.5 Å². The Kier molecular flexibility index (Phi) is 8.54. The van der Waals surface area contributed by atoms with E-state index in [1.54, 1.807) is 30.3 Å². The van der Waals surface area contributed by atoms with Gasteiger partial charge in [-0.1, -0.05) is 87.5 Å². The summed E-state index contributed by atoms with van der Waals surface area (Å²) in [6.45, 7) is 9.45. The largest absolute Gasteiger partial charge is 0.392 e. The Morgan fingerprint density at radius 1 is 0.884 bits per heavy atom. The Bertz CT molecular complexity index is 1490. The number of ether oxygens (including phenoxy) is 2. The third-order valence-corrected chi connectivity index (χ3v) is 10.8. The quantitative estimate of drug-likeness (QED) is 0.307. The van der Waals surface area contributed by atoms with Gasteiger partial charge in [0.25, 0.3) is 0 Å². The van der Waals surface area contributed by atoms with E-state index in [0.29, 0.717) is 16.9 Å². The molecule has 230 valence electrons. The molecule has 0 aromatic heterocycles. The van der Waals surface area contributed by atoms with Gasteiger partial charge in [-0.2, -0.15) is 0 Å². The number of sulfonamides is 1. The van der Waals surface area contributed by atoms with Crippen LogP contribution in [0.15, 0.2) is 83.8 Å². The van der Waals surface area contributed by atoms with Crippen LogP contribution in [0.2, 0.25) is 0 Å². The average Bonchev–Trinajstić information content (AvgIpc) is 3.23. The van der Waals surface area contributed by atoms with Crippen molar-refractivity contribution in [3.05, 3.63) is 101 Å². The van der Waals surface area contributed by atoms with Crippen LogP contribution in [-0.2, 0) is 32.6 Å². The summed E-state index contributed by atoms with van der Waals surface area (Å²) in [6, 6.07) is 24.8. The van der Waals surface area contributed by atoms with Crippen LogP contribution >= 0.6 is 0 Å². The van der Waals surface area contributed by atoms with Crippen LogP contribution < -0.4 is 4.72 Å². The Labute approximate surface area is 256 Å². The normalized spacial score (nSPS) is 29.0. The lowest BCUT2D eigenvalue weighted by Crippen LogP contribution is -2.42. The Balaban J connectivity index is 1.17. The Morgan fingerprint density at radius 3 is 2.26 bits per heavy atom. The van der Waals surface area contributed by atoms with Crippen molar-refractivity contribution in [3.8, 4) is 0 Å². The van der Waals surface area contributed by atoms with E-state index in [2.05, 4.69) is 30.4 Å². The van der Waals surface area contributed by atoms with Crippen molar-refractivity contribution in [3.63, 3.8) is 0 Å². The summed E-state index contributed by atoms with van der Waals surface area (Å²) in [5.74, 6) is 0. The van der Waals surface area contributed by atoms with Gasteiger partial charge < -0.3 is 14.6 Å². The lowest BCUT2D eigenvalue weighted by molar-refractivity contribution is -0.253. The fraction of sp³-hybridized carbons (Fsp3) is 0.486. The molecular weight excluding hydrogens is 560 g/mol. The number of nitrogens with one attached hydrogen (secondary N) is 1. The maximum absolute atomic E-state index is 12.7. The first-order valence-corrected chi connectivity index (χ1v) is 16.9. The lowest BCUT2D eigenvalue weighted by Gasteiger charge is -2.41. The highest BCUT2D eigenvalue weighted by Gasteiger charge is 2.50. The molecule has 0 radical (unpaired) electrons. The average molecular weight is 605 g/mol. The molecule has 5 atom stereocenters. The molecule has 2 heterocycles. The zero-order valence-corrected chi connectivity index (χ0v) is 26.2. The van der Waals surface area contributed by atoms with E-state index >= 15 is 0 Å². The van der Waals surface area contributed by atoms with Gasteiger partial charge in [-0.05, 0) is 58.9 Å². The van der Waals surface area contributed by atoms with Crippen LogP contribution in [-0.4, -0.2) is 43.7 Å². The van der Waals surface area contributed by atoms with E-state index in [1.165, 1.54) is 19.3 Å². The molecule has 2 saturated heterocycles. The number of benzene rings is 3. The van der Waals surface area contributed by atoms with Gasteiger partial charge in [0.1, 0.15) is 0 Å². The van der Waals surface area contributed by atoms with Crippen molar-refractivity contribution in [1.29, 1.82) is 0 Å². The second kappa shape index (κ2) is 12.1. The van der Waals surface area contributed by atoms with Crippen LogP contribution in [0.4, 0.5) is 0 Å². The predicted octanol–water partition coefficient (Wildman–Crippen LogP) is 6.10. The minimum atomic E-state index is -3.59. The van der Waals surface area contributed by atoms with Crippen LogP contribution in [0, 0.1) is 10.8 Å². The topological polar surface area (TPSA) is 88.1 Å². The molecule has 1 aliphatic carbocycles. The zero-order chi connectivity index (χ0) is 30.2. The van der Waals surface area contributed by atoms with E-state index in [-0.39, 0.29) is 30.3 Å². The first-order valence-electron chi connectivity index (χ1n) is 15.4. The molecule has 1 saturated carbocycles. The standard InChI is InChI=1S/C35H44N2O5S/c1-34(2)18-29-19-35(3,23-34)24-37(29)21-30-17-32(27-13-11-26(22-38)12-14-27)42-33(41-30)28-15-9-25(10-16-28)20-36-43(39,40)31-7-5-4-6-8-31/h4-16,29-30,32-33,36,38H,17-24H2,1-3H3/t29?,30-,32+,33+,35?/m1/s1. The fourth-order valence-corrected chi connectivity index (χ4v) is 8.78. The first kappa shape index (κ1) is 30.4. The molecule has 7 nitrogen and oxygen atoms in total. The molecule has 3 fully saturated rings. The van der Waals surface area contributed by atoms with Crippen molar-refractivity contribution in [2.75, 3.05) is 13.1 Å². The molecule has 2 bridgehead atoms. The number of nitrogens with zero attached hydrogens (tertiary/aromatic N) is 1. The highest BCUT2D eigenvalue weighted by atomic mass is 32.2. The number of hydrogen-bond donors (Lipinski definition) is 2. The molecule has 0 amide bonds. The summed E-state index contributed by atoms with van der Waals surface area (Å²) in [5.41, 5.74) is 4.43. The van der Waals surface area contributed by atoms with Crippen LogP contribution in [0.1, 0.15) is 81.1 Å². The summed E-state index contributed by atoms with van der Waals surface area (Å²) >= 11 is 0. The molecule has 6 rings (SSSR count). The molecular formula is C35H44N2O5S. The SMILES string of the molecule is CC1(C)CC2CC(C)(CN2C[C@H]2C[C@@H](c3ccc(CO)cc3)O[C@@H](c3ccc(CNS(=O)(=O)c4ccccc4)cc3)O2)C1. The van der Waals surface area contributed by atoms with Gasteiger partial charge in [0.15, 0.2) is 6.29 Å². The zero-order valence-electron chi connectivity index (χ0n) is 25.4. The van der Waals surface area contributed by atoms with E-state index in [1.807, 2.05) is 48.5 Å². The highest BCUT2D eigenvalue weighted by Crippen LogP contribution is 2.53. The van der Waals surface area contributed by atoms with Gasteiger partial charge in [-0.3, -0.25) is 4.90 Å². The van der Waals surface area contributed by atoms with Gasteiger partial charge in [-0.25, -0.2) is 13.1 Å². The maximum Gasteiger partial charge on any atom is 0.240 e. The van der Waals surface area contributed by atoms with E-state index < -0.39 is 16.3 Å². The summed E-state index contributed by atoms with van der Waals surface area (Å²) in [7, 11) is -3.59. The maximum atomic E-state index is 12.7. The summed E-state index contributed by atoms with van der Waals surface area (Å²) in [6.07, 6.45) is 3.83. The number of hydrogen-bond acceptors (Lipinski definition) is 6. The molecule has 8 heteroatoms. The van der Waals surface area contributed by atoms with Crippen molar-refractivity contribution >= 4 is 10.0 Å². The summed E-state index contributed by atoms with van der Waals surface area (Å²) < 4.78 is 41.2. The highest BCUT2D eigenvalue weighted by molar-refractivity contribution is 7.89. The molecule has 3 aliphatic rings. The van der Waals surface area contributed by atoms with Crippen LogP contribution in [0.5, 0.6) is 0 Å². The first-order chi connectivity index (χ1) is 20.5. The van der Waals surface area contributed by atoms with E-state index in [0.717, 1.165) is 41.8 Å². The molecule has 0 spiro atoms. The van der Waals surface area contributed by atoms with Gasteiger partial charge in [0.2, 0.25) is 10.0 Å². The van der Waals surface area contributed by atoms with Gasteiger partial charge >= 0.3 is 0 Å². The predicted molar refractivity (Wildman–Crippen MR) is 166 cm³/mol. The number of likely N-dealkylation sites (tertiary alicyclic amines) is 1. The third kappa shape index (κ3) is 7.06. The molecule has 43 heavy (non-hydrogen) atoms. The molecule has 2 unspecified atom stereocenters. The lowest BCUT2D eigenvalue weighted by atomic mass is 9.65. The molecule has 3 aromatic carbocycles. The van der Waals surface area contributed by atoms with Crippen molar-refractivity contribution in [1.82, 2.24) is 9.62 Å². The fourth-order valence-electron chi connectivity index (χ4n) is 7.74. The second-order valence-corrected chi connectivity index (χ2v) is 15.6. The minimum absolute atomic E-state index is 0.00434. The van der Waals surface area contributed by atoms with Crippen molar-refractivity contribution in [2.24, 2.45) is 10.8 Å². The Morgan fingerprint density at radius 2 is 1.56 bits per heavy atom. The monoisotopic (exact) mass is 604 g/mol. The minimum Gasteiger partial charge on any atom is -0.392 e. The Hall–Kier alpha value is -2.59. The van der Waals surface area contributed by atoms with Crippen molar-refractivity contribution in [2.45, 2.75) is 89.0 Å². The molecule has 2 aliphatic heterocycles. The molecule has 2 N–H and O–H groups in total. The number of rotatable bonds is 9. The van der Waals surface area contributed by atoms with E-state index in [4.69, 9.17) is 9.47 Å². The third-order valence-electron chi connectivity index (χ3n) is 9.35. The number of aliphatic hydroxyl groups excluding tert-OH is 1. The summed E-state index contributed by atoms with van der Waals surface area (Å²) in [5, 5.41) is 9.53. The molecule has 3 aromatic rings. The number of fused-ring (bicyclic) bond motifs is 2. The van der Waals surface area contributed by atoms with Crippen LogP contribution in [0.25, 0.3) is 0 Å². The van der Waals surface area contributed by atoms with Crippen molar-refractivity contribution < 1.29 is 23.0 Å². The summed E-state index contributed by atoms with van der Waals surface area (Å²) in [4.78, 5) is 2.91. The number of aliphatic hydroxyl groups is 1. The second-order valence-electron chi connectivity index (χ2n) is 13.9.